The number of anilines is 1. The van der Waals surface area contributed by atoms with Crippen molar-refractivity contribution < 1.29 is 0 Å². The summed E-state index contributed by atoms with van der Waals surface area (Å²) in [5, 5.41) is 3.42. The van der Waals surface area contributed by atoms with Gasteiger partial charge in [0.25, 0.3) is 0 Å². The fourth-order valence-electron chi connectivity index (χ4n) is 2.67. The van der Waals surface area contributed by atoms with Crippen LogP contribution in [0.2, 0.25) is 0 Å². The van der Waals surface area contributed by atoms with E-state index in [1.807, 2.05) is 7.05 Å². The van der Waals surface area contributed by atoms with Crippen LogP contribution in [-0.4, -0.2) is 21.1 Å². The first-order chi connectivity index (χ1) is 9.51. The van der Waals surface area contributed by atoms with Gasteiger partial charge in [-0.05, 0) is 44.2 Å². The van der Waals surface area contributed by atoms with Gasteiger partial charge in [-0.15, -0.1) is 0 Å². The van der Waals surface area contributed by atoms with Crippen molar-refractivity contribution in [1.29, 1.82) is 0 Å². The molecular formula is C18H24N2. The van der Waals surface area contributed by atoms with E-state index in [0.29, 0.717) is 0 Å². The van der Waals surface area contributed by atoms with Crippen LogP contribution in [0, 0.1) is 13.8 Å². The quantitative estimate of drug-likeness (QED) is 0.910. The molecule has 0 fully saturated rings. The molecule has 0 aliphatic heterocycles. The van der Waals surface area contributed by atoms with Gasteiger partial charge in [-0.2, -0.15) is 0 Å². The van der Waals surface area contributed by atoms with E-state index in [1.165, 1.54) is 27.9 Å². The molecule has 0 saturated carbocycles. The van der Waals surface area contributed by atoms with E-state index in [0.717, 1.165) is 0 Å². The van der Waals surface area contributed by atoms with Crippen LogP contribution in [0.25, 0.3) is 0 Å². The molecule has 106 valence electrons. The Hall–Kier alpha value is -1.80. The highest BCUT2D eigenvalue weighted by Gasteiger charge is 2.12. The van der Waals surface area contributed by atoms with Crippen LogP contribution in [0.1, 0.15) is 28.3 Å². The van der Waals surface area contributed by atoms with Gasteiger partial charge in [-0.3, -0.25) is 0 Å². The molecule has 2 rings (SSSR count). The topological polar surface area (TPSA) is 15.3 Å². The first kappa shape index (κ1) is 14.6. The van der Waals surface area contributed by atoms with Gasteiger partial charge in [0, 0.05) is 19.8 Å². The molecule has 0 spiro atoms. The smallest absolute Gasteiger partial charge is 0.0574 e. The summed E-state index contributed by atoms with van der Waals surface area (Å²) in [6.45, 7) is 4.30. The monoisotopic (exact) mass is 268 g/mol. The number of hydrogen-bond donors (Lipinski definition) is 1. The van der Waals surface area contributed by atoms with Crippen LogP contribution in [0.5, 0.6) is 0 Å². The van der Waals surface area contributed by atoms with Crippen LogP contribution in [0.4, 0.5) is 5.69 Å². The lowest BCUT2D eigenvalue weighted by molar-refractivity contribution is 0.690. The summed E-state index contributed by atoms with van der Waals surface area (Å²) in [6.07, 6.45) is 0. The third kappa shape index (κ3) is 3.20. The molecule has 1 N–H and O–H groups in total. The van der Waals surface area contributed by atoms with Crippen LogP contribution in [0.3, 0.4) is 0 Å². The molecule has 0 amide bonds. The summed E-state index contributed by atoms with van der Waals surface area (Å²) in [6, 6.07) is 15.7. The third-order valence-electron chi connectivity index (χ3n) is 3.61. The van der Waals surface area contributed by atoms with E-state index in [1.54, 1.807) is 0 Å². The van der Waals surface area contributed by atoms with Gasteiger partial charge in [0.05, 0.1) is 6.04 Å². The number of aryl methyl sites for hydroxylation is 2. The molecule has 0 heterocycles. The van der Waals surface area contributed by atoms with Gasteiger partial charge in [0.15, 0.2) is 0 Å². The predicted molar refractivity (Wildman–Crippen MR) is 87.6 cm³/mol. The predicted octanol–water partition coefficient (Wildman–Crippen LogP) is 3.68. The largest absolute Gasteiger partial charge is 0.378 e. The van der Waals surface area contributed by atoms with Crippen molar-refractivity contribution in [2.45, 2.75) is 19.9 Å². The minimum absolute atomic E-state index is 0.241. The molecule has 1 unspecified atom stereocenters. The molecule has 2 heteroatoms. The van der Waals surface area contributed by atoms with Crippen molar-refractivity contribution in [3.63, 3.8) is 0 Å². The van der Waals surface area contributed by atoms with Gasteiger partial charge in [0.1, 0.15) is 0 Å². The second kappa shape index (κ2) is 6.10. The SMILES string of the molecule is CNC(c1ccc(N(C)C)cc1)c1cc(C)cc(C)c1. The lowest BCUT2D eigenvalue weighted by Crippen LogP contribution is -2.18. The molecule has 20 heavy (non-hydrogen) atoms. The van der Waals surface area contributed by atoms with Gasteiger partial charge in [-0.1, -0.05) is 41.5 Å². The summed E-state index contributed by atoms with van der Waals surface area (Å²) in [7, 11) is 6.14. The molecule has 2 aromatic carbocycles. The summed E-state index contributed by atoms with van der Waals surface area (Å²) in [5.41, 5.74) is 6.46. The second-order valence-electron chi connectivity index (χ2n) is 5.63. The molecule has 0 aromatic heterocycles. The van der Waals surface area contributed by atoms with Crippen molar-refractivity contribution in [1.82, 2.24) is 5.32 Å². The summed E-state index contributed by atoms with van der Waals surface area (Å²) in [4.78, 5) is 2.12. The Morgan fingerprint density at radius 1 is 0.850 bits per heavy atom. The number of nitrogens with zero attached hydrogens (tertiary/aromatic N) is 1. The summed E-state index contributed by atoms with van der Waals surface area (Å²) in [5.74, 6) is 0. The number of rotatable bonds is 4. The Bertz CT molecular complexity index is 550. The number of nitrogens with one attached hydrogen (secondary N) is 1. The van der Waals surface area contributed by atoms with Gasteiger partial charge < -0.3 is 10.2 Å². The minimum Gasteiger partial charge on any atom is -0.378 e. The van der Waals surface area contributed by atoms with E-state index in [4.69, 9.17) is 0 Å². The van der Waals surface area contributed by atoms with Crippen LogP contribution >= 0.6 is 0 Å². The van der Waals surface area contributed by atoms with Crippen LogP contribution in [-0.2, 0) is 0 Å². The third-order valence-corrected chi connectivity index (χ3v) is 3.61. The Kier molecular flexibility index (Phi) is 4.46. The maximum absolute atomic E-state index is 3.42. The van der Waals surface area contributed by atoms with Crippen molar-refractivity contribution in [3.8, 4) is 0 Å². The van der Waals surface area contributed by atoms with E-state index < -0.39 is 0 Å². The molecule has 0 radical (unpaired) electrons. The maximum Gasteiger partial charge on any atom is 0.0574 e. The Morgan fingerprint density at radius 2 is 1.40 bits per heavy atom. The van der Waals surface area contributed by atoms with Gasteiger partial charge >= 0.3 is 0 Å². The van der Waals surface area contributed by atoms with E-state index in [9.17, 15) is 0 Å². The van der Waals surface area contributed by atoms with Crippen LogP contribution < -0.4 is 10.2 Å². The Labute approximate surface area is 122 Å². The lowest BCUT2D eigenvalue weighted by Gasteiger charge is -2.20. The molecule has 0 bridgehead atoms. The number of hydrogen-bond acceptors (Lipinski definition) is 2. The molecule has 0 aliphatic carbocycles. The van der Waals surface area contributed by atoms with Gasteiger partial charge in [0.2, 0.25) is 0 Å². The molecule has 0 aliphatic rings. The Balaban J connectivity index is 2.36. The minimum atomic E-state index is 0.241. The molecule has 2 aromatic rings. The lowest BCUT2D eigenvalue weighted by atomic mass is 9.95. The fraction of sp³-hybridized carbons (Fsp3) is 0.333. The molecule has 0 saturated heterocycles. The first-order valence-electron chi connectivity index (χ1n) is 7.04. The number of benzene rings is 2. The highest BCUT2D eigenvalue weighted by Crippen LogP contribution is 2.25. The summed E-state index contributed by atoms with van der Waals surface area (Å²) < 4.78 is 0. The maximum atomic E-state index is 3.42. The first-order valence-corrected chi connectivity index (χ1v) is 7.04. The second-order valence-corrected chi connectivity index (χ2v) is 5.63. The van der Waals surface area contributed by atoms with E-state index in [-0.39, 0.29) is 6.04 Å². The zero-order valence-electron chi connectivity index (χ0n) is 13.1. The Morgan fingerprint density at radius 3 is 1.85 bits per heavy atom. The van der Waals surface area contributed by atoms with E-state index >= 15 is 0 Å². The van der Waals surface area contributed by atoms with Crippen molar-refractivity contribution in [3.05, 3.63) is 64.7 Å². The van der Waals surface area contributed by atoms with Gasteiger partial charge in [-0.25, -0.2) is 0 Å². The van der Waals surface area contributed by atoms with Crippen molar-refractivity contribution in [2.75, 3.05) is 26.0 Å². The zero-order chi connectivity index (χ0) is 14.7. The molecule has 1 atom stereocenters. The average Bonchev–Trinajstić information content (AvgIpc) is 2.39. The average molecular weight is 268 g/mol. The molecular weight excluding hydrogens is 244 g/mol. The highest BCUT2D eigenvalue weighted by molar-refractivity contribution is 5.48. The van der Waals surface area contributed by atoms with Crippen molar-refractivity contribution >= 4 is 5.69 Å². The highest BCUT2D eigenvalue weighted by atomic mass is 15.1. The standard InChI is InChI=1S/C18H24N2/c1-13-10-14(2)12-16(11-13)18(19-3)15-6-8-17(9-7-15)20(4)5/h6-12,18-19H,1-5H3. The van der Waals surface area contributed by atoms with E-state index in [2.05, 4.69) is 80.6 Å². The zero-order valence-corrected chi connectivity index (χ0v) is 13.1. The fourth-order valence-corrected chi connectivity index (χ4v) is 2.67. The summed E-state index contributed by atoms with van der Waals surface area (Å²) >= 11 is 0. The molecule has 2 nitrogen and oxygen atoms in total. The van der Waals surface area contributed by atoms with Crippen molar-refractivity contribution in [2.24, 2.45) is 0 Å². The van der Waals surface area contributed by atoms with Crippen LogP contribution in [0.15, 0.2) is 42.5 Å². The normalized spacial score (nSPS) is 12.2.